The molecular weight excluding hydrogens is 343 g/mol. The number of aromatic nitrogens is 2. The van der Waals surface area contributed by atoms with E-state index in [0.717, 1.165) is 56.7 Å². The summed E-state index contributed by atoms with van der Waals surface area (Å²) in [5.41, 5.74) is 0.811. The lowest BCUT2D eigenvalue weighted by Crippen LogP contribution is -2.44. The van der Waals surface area contributed by atoms with E-state index in [1.165, 1.54) is 12.1 Å². The molecule has 0 spiro atoms. The predicted octanol–water partition coefficient (Wildman–Crippen LogP) is 3.07. The van der Waals surface area contributed by atoms with Crippen LogP contribution in [-0.2, 0) is 5.41 Å². The quantitative estimate of drug-likeness (QED) is 0.904. The van der Waals surface area contributed by atoms with Crippen molar-refractivity contribution in [3.8, 4) is 0 Å². The molecule has 25 heavy (non-hydrogen) atoms. The number of halogens is 2. The summed E-state index contributed by atoms with van der Waals surface area (Å²) < 4.78 is 19.1. The second-order valence-electron chi connectivity index (χ2n) is 6.95. The number of likely N-dealkylation sites (N-methyl/N-ethyl adjacent to an activating group) is 1. The van der Waals surface area contributed by atoms with Crippen molar-refractivity contribution in [2.24, 2.45) is 0 Å². The lowest BCUT2D eigenvalue weighted by atomic mass is 9.78. The number of nitrogens with one attached hydrogen (secondary N) is 1. The van der Waals surface area contributed by atoms with Gasteiger partial charge in [0, 0.05) is 19.6 Å². The smallest absolute Gasteiger partial charge is 0.237 e. The van der Waals surface area contributed by atoms with Gasteiger partial charge in [-0.25, -0.2) is 4.39 Å². The topological polar surface area (TPSA) is 54.2 Å². The molecule has 1 saturated carbocycles. The highest BCUT2D eigenvalue weighted by atomic mass is 35.5. The van der Waals surface area contributed by atoms with Gasteiger partial charge >= 0.3 is 0 Å². The normalized spacial score (nSPS) is 23.4. The molecule has 1 atom stereocenters. The Kier molecular flexibility index (Phi) is 5.41. The molecule has 136 valence electrons. The van der Waals surface area contributed by atoms with Gasteiger partial charge in [-0.3, -0.25) is 4.90 Å². The van der Waals surface area contributed by atoms with Gasteiger partial charge in [-0.05, 0) is 37.6 Å². The molecule has 7 heteroatoms. The summed E-state index contributed by atoms with van der Waals surface area (Å²) >= 11 is 0. The molecule has 2 heterocycles. The molecule has 1 saturated heterocycles. The molecule has 1 aliphatic carbocycles. The molecule has 1 N–H and O–H groups in total. The van der Waals surface area contributed by atoms with Crippen molar-refractivity contribution in [1.29, 1.82) is 0 Å². The fraction of sp³-hybridized carbons (Fsp3) is 0.556. The fourth-order valence-corrected chi connectivity index (χ4v) is 4.03. The van der Waals surface area contributed by atoms with Crippen LogP contribution in [0.15, 0.2) is 28.8 Å². The zero-order valence-corrected chi connectivity index (χ0v) is 15.2. The Balaban J connectivity index is 0.00000182. The van der Waals surface area contributed by atoms with Crippen LogP contribution in [0.4, 0.5) is 4.39 Å². The maximum atomic E-state index is 13.3. The molecule has 1 aliphatic heterocycles. The Morgan fingerprint density at radius 2 is 1.96 bits per heavy atom. The Morgan fingerprint density at radius 3 is 2.64 bits per heavy atom. The van der Waals surface area contributed by atoms with Crippen molar-refractivity contribution in [3.63, 3.8) is 0 Å². The number of rotatable bonds is 3. The molecule has 5 nitrogen and oxygen atoms in total. The average Bonchev–Trinajstić information content (AvgIpc) is 3.26. The van der Waals surface area contributed by atoms with E-state index in [4.69, 9.17) is 9.51 Å². The van der Waals surface area contributed by atoms with Crippen LogP contribution in [0.3, 0.4) is 0 Å². The van der Waals surface area contributed by atoms with Crippen molar-refractivity contribution in [2.75, 3.05) is 26.7 Å². The van der Waals surface area contributed by atoms with Gasteiger partial charge in [0.25, 0.3) is 0 Å². The maximum absolute atomic E-state index is 13.3. The number of hydrogen-bond donors (Lipinski definition) is 1. The van der Waals surface area contributed by atoms with Crippen LogP contribution in [0.5, 0.6) is 0 Å². The van der Waals surface area contributed by atoms with Crippen molar-refractivity contribution < 1.29 is 8.91 Å². The Bertz CT molecular complexity index is 699. The van der Waals surface area contributed by atoms with E-state index in [1.807, 2.05) is 12.1 Å². The van der Waals surface area contributed by atoms with Crippen molar-refractivity contribution in [2.45, 2.75) is 37.1 Å². The lowest BCUT2D eigenvalue weighted by molar-refractivity contribution is 0.190. The van der Waals surface area contributed by atoms with E-state index < -0.39 is 0 Å². The summed E-state index contributed by atoms with van der Waals surface area (Å²) in [6, 6.07) is 6.90. The molecule has 4 rings (SSSR count). The summed E-state index contributed by atoms with van der Waals surface area (Å²) in [7, 11) is 2.09. The molecule has 1 unspecified atom stereocenters. The fourth-order valence-electron chi connectivity index (χ4n) is 4.03. The summed E-state index contributed by atoms with van der Waals surface area (Å²) in [6.07, 6.45) is 4.19. The van der Waals surface area contributed by atoms with E-state index in [-0.39, 0.29) is 29.7 Å². The van der Waals surface area contributed by atoms with E-state index >= 15 is 0 Å². The third-order valence-corrected chi connectivity index (χ3v) is 5.51. The van der Waals surface area contributed by atoms with Crippen molar-refractivity contribution in [1.82, 2.24) is 20.4 Å². The number of hydrogen-bond acceptors (Lipinski definition) is 5. The Labute approximate surface area is 153 Å². The number of piperazine rings is 1. The van der Waals surface area contributed by atoms with Gasteiger partial charge in [0.1, 0.15) is 5.82 Å². The first-order valence-corrected chi connectivity index (χ1v) is 8.70. The van der Waals surface area contributed by atoms with Crippen LogP contribution in [0.2, 0.25) is 0 Å². The predicted molar refractivity (Wildman–Crippen MR) is 95.4 cm³/mol. The second-order valence-corrected chi connectivity index (χ2v) is 6.95. The first-order chi connectivity index (χ1) is 11.7. The van der Waals surface area contributed by atoms with Crippen LogP contribution in [0, 0.1) is 5.82 Å². The first-order valence-electron chi connectivity index (χ1n) is 8.70. The van der Waals surface area contributed by atoms with Gasteiger partial charge in [0.05, 0.1) is 11.5 Å². The van der Waals surface area contributed by atoms with Gasteiger partial charge in [-0.15, -0.1) is 12.4 Å². The van der Waals surface area contributed by atoms with Crippen LogP contribution >= 0.6 is 12.4 Å². The van der Waals surface area contributed by atoms with Crippen molar-refractivity contribution in [3.05, 3.63) is 47.4 Å². The minimum atomic E-state index is -0.264. The van der Waals surface area contributed by atoms with E-state index in [0.29, 0.717) is 5.89 Å². The van der Waals surface area contributed by atoms with Gasteiger partial charge in [0.15, 0.2) is 5.82 Å². The van der Waals surface area contributed by atoms with E-state index in [1.54, 1.807) is 0 Å². The third kappa shape index (κ3) is 3.30. The van der Waals surface area contributed by atoms with Crippen LogP contribution in [0.25, 0.3) is 0 Å². The molecule has 2 aliphatic rings. The van der Waals surface area contributed by atoms with Gasteiger partial charge in [-0.1, -0.05) is 30.1 Å². The zero-order chi connectivity index (χ0) is 16.6. The van der Waals surface area contributed by atoms with E-state index in [2.05, 4.69) is 22.4 Å². The Morgan fingerprint density at radius 1 is 1.24 bits per heavy atom. The highest BCUT2D eigenvalue weighted by molar-refractivity contribution is 5.85. The highest BCUT2D eigenvalue weighted by Gasteiger charge is 2.43. The van der Waals surface area contributed by atoms with Crippen LogP contribution in [0.1, 0.15) is 49.0 Å². The Hall–Kier alpha value is -1.50. The minimum absolute atomic E-state index is 0. The van der Waals surface area contributed by atoms with Gasteiger partial charge < -0.3 is 9.84 Å². The summed E-state index contributed by atoms with van der Waals surface area (Å²) in [4.78, 5) is 7.04. The summed E-state index contributed by atoms with van der Waals surface area (Å²) in [5.74, 6) is 1.21. The summed E-state index contributed by atoms with van der Waals surface area (Å²) in [6.45, 7) is 2.79. The lowest BCUT2D eigenvalue weighted by Gasteiger charge is -2.30. The third-order valence-electron chi connectivity index (χ3n) is 5.51. The maximum Gasteiger partial charge on any atom is 0.237 e. The molecule has 1 aromatic carbocycles. The molecular formula is C18H24ClFN4O. The largest absolute Gasteiger partial charge is 0.338 e. The second kappa shape index (κ2) is 7.40. The van der Waals surface area contributed by atoms with Crippen molar-refractivity contribution >= 4 is 12.4 Å². The zero-order valence-electron chi connectivity index (χ0n) is 14.4. The van der Waals surface area contributed by atoms with Crippen LogP contribution in [-0.4, -0.2) is 41.7 Å². The van der Waals surface area contributed by atoms with Crippen LogP contribution < -0.4 is 5.32 Å². The summed E-state index contributed by atoms with van der Waals surface area (Å²) in [5, 5.41) is 7.67. The first kappa shape index (κ1) is 18.3. The highest BCUT2D eigenvalue weighted by Crippen LogP contribution is 2.46. The van der Waals surface area contributed by atoms with E-state index in [9.17, 15) is 4.39 Å². The monoisotopic (exact) mass is 366 g/mol. The van der Waals surface area contributed by atoms with Gasteiger partial charge in [0.2, 0.25) is 5.89 Å². The molecule has 2 fully saturated rings. The number of nitrogens with zero attached hydrogens (tertiary/aromatic N) is 3. The average molecular weight is 367 g/mol. The van der Waals surface area contributed by atoms with Gasteiger partial charge in [-0.2, -0.15) is 4.98 Å². The molecule has 0 amide bonds. The number of benzene rings is 1. The standard InChI is InChI=1S/C18H23FN4O.ClH/c1-23-11-10-20-12-15(23)16-21-17(24-22-16)18(8-2-3-9-18)13-4-6-14(19)7-5-13;/h4-7,15,20H,2-3,8-12H2,1H3;1H. The minimum Gasteiger partial charge on any atom is -0.338 e. The molecule has 0 bridgehead atoms. The molecule has 0 radical (unpaired) electrons. The SMILES string of the molecule is CN1CCNCC1c1noc(C2(c3ccc(F)cc3)CCCC2)n1.Cl. The molecule has 1 aromatic heterocycles. The molecule has 2 aromatic rings.